The van der Waals surface area contributed by atoms with Gasteiger partial charge in [-0.05, 0) is 55.5 Å². The molecular formula is C29H68O5P4. The summed E-state index contributed by atoms with van der Waals surface area (Å²) in [5, 5.41) is 7.76. The molecule has 0 amide bonds. The number of hydrogen-bond acceptors (Lipinski definition) is 2. The Morgan fingerprint density at radius 2 is 0.632 bits per heavy atom. The van der Waals surface area contributed by atoms with Crippen LogP contribution in [0.2, 0.25) is 0 Å². The van der Waals surface area contributed by atoms with Crippen molar-refractivity contribution in [2.75, 3.05) is 61.6 Å². The zero-order valence-corrected chi connectivity index (χ0v) is 30.5. The van der Waals surface area contributed by atoms with Gasteiger partial charge in [0.1, 0.15) is 6.16 Å². The Bertz CT molecular complexity index is 418. The highest BCUT2D eigenvalue weighted by molar-refractivity contribution is 7.58. The Hall–Kier alpha value is 0.910. The largest absolute Gasteiger partial charge is 0.481 e. The molecule has 38 heavy (non-hydrogen) atoms. The summed E-state index contributed by atoms with van der Waals surface area (Å²) in [5.74, 6) is -1.49. The average Bonchev–Trinajstić information content (AvgIpc) is 2.80. The van der Waals surface area contributed by atoms with Gasteiger partial charge in [-0.25, -0.2) is 0 Å². The SMILES string of the molecule is CCCP(CCC)CCC.CCCP(CCC)CCC.CCCP(CCC)CCC.O=C(O)CP(=O)(O)O. The minimum Gasteiger partial charge on any atom is -0.481 e. The molecule has 3 N–H and O–H groups in total. The van der Waals surface area contributed by atoms with Crippen molar-refractivity contribution >= 4 is 37.3 Å². The maximum Gasteiger partial charge on any atom is 0.336 e. The molecule has 0 radical (unpaired) electrons. The third-order valence-corrected chi connectivity index (χ3v) is 15.6. The number of hydrogen-bond donors (Lipinski definition) is 3. The minimum absolute atomic E-state index is 0.439. The molecule has 9 heteroatoms. The van der Waals surface area contributed by atoms with E-state index in [1.165, 1.54) is 113 Å². The van der Waals surface area contributed by atoms with Gasteiger partial charge in [0, 0.05) is 0 Å². The standard InChI is InChI=1S/3C9H21P.C2H5O5P/c3*1-4-7-10(8-5-2)9-6-3;3-2(4)1-8(5,6)7/h3*4-9H2,1-3H3;1H2,(H,3,4)(H2,5,6,7). The van der Waals surface area contributed by atoms with Crippen molar-refractivity contribution < 1.29 is 24.3 Å². The second-order valence-electron chi connectivity index (χ2n) is 9.74. The van der Waals surface area contributed by atoms with Gasteiger partial charge >= 0.3 is 13.6 Å². The summed E-state index contributed by atoms with van der Waals surface area (Å²) < 4.78 is 9.76. The van der Waals surface area contributed by atoms with E-state index in [-0.39, 0.29) is 0 Å². The van der Waals surface area contributed by atoms with E-state index >= 15 is 0 Å². The Balaban J connectivity index is -0.000000204. The van der Waals surface area contributed by atoms with E-state index in [4.69, 9.17) is 14.9 Å². The van der Waals surface area contributed by atoms with Crippen LogP contribution in [-0.2, 0) is 9.36 Å². The molecule has 0 saturated heterocycles. The molecule has 0 saturated carbocycles. The van der Waals surface area contributed by atoms with Gasteiger partial charge in [0.15, 0.2) is 0 Å². The Kier molecular flexibility index (Phi) is 43.4. The van der Waals surface area contributed by atoms with Gasteiger partial charge in [0.25, 0.3) is 0 Å². The molecule has 0 aromatic heterocycles. The minimum atomic E-state index is -4.32. The molecule has 0 bridgehead atoms. The quantitative estimate of drug-likeness (QED) is 0.118. The molecule has 0 heterocycles. The lowest BCUT2D eigenvalue weighted by Crippen LogP contribution is -2.01. The lowest BCUT2D eigenvalue weighted by atomic mass is 10.6. The molecule has 234 valence electrons. The summed E-state index contributed by atoms with van der Waals surface area (Å²) in [6.45, 7) is 20.8. The smallest absolute Gasteiger partial charge is 0.336 e. The summed E-state index contributed by atoms with van der Waals surface area (Å²) in [5.41, 5.74) is 0. The summed E-state index contributed by atoms with van der Waals surface area (Å²) in [6, 6.07) is 0. The van der Waals surface area contributed by atoms with E-state index in [0.29, 0.717) is 23.8 Å². The zero-order valence-electron chi connectivity index (χ0n) is 26.9. The van der Waals surface area contributed by atoms with E-state index in [1.54, 1.807) is 0 Å². The molecule has 0 rings (SSSR count). The van der Waals surface area contributed by atoms with Crippen LogP contribution in [0.3, 0.4) is 0 Å². The monoisotopic (exact) mass is 620 g/mol. The van der Waals surface area contributed by atoms with Gasteiger partial charge < -0.3 is 14.9 Å². The normalized spacial score (nSPS) is 10.9. The molecule has 0 aliphatic heterocycles. The van der Waals surface area contributed by atoms with Gasteiger partial charge in [0.05, 0.1) is 0 Å². The predicted octanol–water partition coefficient (Wildman–Crippen LogP) is 10.3. The van der Waals surface area contributed by atoms with Crippen molar-refractivity contribution in [3.63, 3.8) is 0 Å². The van der Waals surface area contributed by atoms with Crippen LogP contribution in [0.15, 0.2) is 0 Å². The van der Waals surface area contributed by atoms with Crippen LogP contribution in [0.1, 0.15) is 120 Å². The topological polar surface area (TPSA) is 94.8 Å². The van der Waals surface area contributed by atoms with Crippen LogP contribution < -0.4 is 0 Å². The van der Waals surface area contributed by atoms with Gasteiger partial charge in [-0.3, -0.25) is 9.36 Å². The Morgan fingerprint density at radius 1 is 0.474 bits per heavy atom. The maximum atomic E-state index is 9.76. The number of carbonyl (C=O) groups is 1. The molecule has 0 atom stereocenters. The van der Waals surface area contributed by atoms with Gasteiger partial charge in [-0.15, -0.1) is 23.8 Å². The van der Waals surface area contributed by atoms with Crippen molar-refractivity contribution in [2.24, 2.45) is 0 Å². The summed E-state index contributed by atoms with van der Waals surface area (Å²) >= 11 is 0. The molecule has 5 nitrogen and oxygen atoms in total. The summed E-state index contributed by atoms with van der Waals surface area (Å²) in [4.78, 5) is 25.4. The van der Waals surface area contributed by atoms with E-state index in [0.717, 1.165) is 0 Å². The van der Waals surface area contributed by atoms with Crippen LogP contribution in [0.5, 0.6) is 0 Å². The first-order chi connectivity index (χ1) is 18.0. The van der Waals surface area contributed by atoms with Crippen molar-refractivity contribution in [3.05, 3.63) is 0 Å². The number of carboxylic acids is 1. The van der Waals surface area contributed by atoms with Crippen molar-refractivity contribution in [2.45, 2.75) is 120 Å². The molecule has 0 unspecified atom stereocenters. The lowest BCUT2D eigenvalue weighted by molar-refractivity contribution is -0.134. The molecule has 0 fully saturated rings. The van der Waals surface area contributed by atoms with Gasteiger partial charge in [-0.1, -0.05) is 120 Å². The first-order valence-electron chi connectivity index (χ1n) is 15.4. The first-order valence-corrected chi connectivity index (χ1v) is 22.9. The second-order valence-corrected chi connectivity index (χ2v) is 19.4. The third kappa shape index (κ3) is 43.9. The molecule has 0 spiro atoms. The van der Waals surface area contributed by atoms with E-state index < -0.39 is 19.7 Å². The number of carboxylic acid groups (broad SMARTS) is 1. The van der Waals surface area contributed by atoms with Crippen LogP contribution in [0.4, 0.5) is 0 Å². The fourth-order valence-electron chi connectivity index (χ4n) is 4.03. The second kappa shape index (κ2) is 35.9. The van der Waals surface area contributed by atoms with Gasteiger partial charge in [0.2, 0.25) is 0 Å². The molecule has 0 aliphatic rings. The van der Waals surface area contributed by atoms with Crippen LogP contribution in [0.25, 0.3) is 0 Å². The van der Waals surface area contributed by atoms with Crippen molar-refractivity contribution in [1.29, 1.82) is 0 Å². The lowest BCUT2D eigenvalue weighted by Gasteiger charge is -2.13. The van der Waals surface area contributed by atoms with E-state index in [1.807, 2.05) is 0 Å². The molecule has 0 aromatic rings. The Morgan fingerprint density at radius 3 is 0.684 bits per heavy atom. The van der Waals surface area contributed by atoms with E-state index in [2.05, 4.69) is 62.3 Å². The third-order valence-electron chi connectivity index (χ3n) is 5.20. The van der Waals surface area contributed by atoms with Crippen molar-refractivity contribution in [1.82, 2.24) is 0 Å². The summed E-state index contributed by atoms with van der Waals surface area (Å²) in [7, 11) is -3.00. The zero-order chi connectivity index (χ0) is 30.2. The number of aliphatic carboxylic acids is 1. The van der Waals surface area contributed by atoms with Crippen LogP contribution >= 0.6 is 31.4 Å². The van der Waals surface area contributed by atoms with Crippen LogP contribution in [0, 0.1) is 0 Å². The number of rotatable bonds is 20. The molecule has 0 aromatic carbocycles. The fourth-order valence-corrected chi connectivity index (χ4v) is 12.1. The average molecular weight is 621 g/mol. The van der Waals surface area contributed by atoms with E-state index in [9.17, 15) is 9.36 Å². The molecule has 0 aliphatic carbocycles. The first kappa shape index (κ1) is 45.9. The fraction of sp³-hybridized carbons (Fsp3) is 0.966. The highest BCUT2D eigenvalue weighted by Gasteiger charge is 2.17. The van der Waals surface area contributed by atoms with Crippen molar-refractivity contribution in [3.8, 4) is 0 Å². The maximum absolute atomic E-state index is 9.76. The van der Waals surface area contributed by atoms with Gasteiger partial charge in [-0.2, -0.15) is 0 Å². The molecular weight excluding hydrogens is 552 g/mol. The Labute approximate surface area is 242 Å². The summed E-state index contributed by atoms with van der Waals surface area (Å²) in [6.07, 6.45) is 25.1. The highest BCUT2D eigenvalue weighted by atomic mass is 31.2. The van der Waals surface area contributed by atoms with Crippen LogP contribution in [-0.4, -0.2) is 82.5 Å². The highest BCUT2D eigenvalue weighted by Crippen LogP contribution is 2.38. The predicted molar refractivity (Wildman–Crippen MR) is 182 cm³/mol.